The Morgan fingerprint density at radius 1 is 1.17 bits per heavy atom. The lowest BCUT2D eigenvalue weighted by Crippen LogP contribution is -2.33. The number of methoxy groups -OCH3 is 1. The zero-order valence-corrected chi connectivity index (χ0v) is 15.5. The molecule has 24 heavy (non-hydrogen) atoms. The van der Waals surface area contributed by atoms with Gasteiger partial charge >= 0.3 is 0 Å². The van der Waals surface area contributed by atoms with Gasteiger partial charge in [0, 0.05) is 16.5 Å². The number of amides is 1. The van der Waals surface area contributed by atoms with E-state index in [9.17, 15) is 4.79 Å². The molecule has 0 saturated heterocycles. The van der Waals surface area contributed by atoms with Gasteiger partial charge in [0.25, 0.3) is 0 Å². The smallest absolute Gasteiger partial charge is 0.233 e. The Hall–Kier alpha value is -1.65. The Morgan fingerprint density at radius 3 is 2.42 bits per heavy atom. The molecule has 2 rings (SSSR count). The molecule has 1 N–H and O–H groups in total. The fraction of sp³-hybridized carbons (Fsp3) is 0.316. The van der Waals surface area contributed by atoms with Crippen LogP contribution in [0.5, 0.6) is 5.75 Å². The molecule has 3 nitrogen and oxygen atoms in total. The van der Waals surface area contributed by atoms with Crippen LogP contribution in [0.3, 0.4) is 0 Å². The molecule has 1 amide bonds. The zero-order valence-electron chi connectivity index (χ0n) is 13.9. The third kappa shape index (κ3) is 5.77. The molecule has 5 heteroatoms. The van der Waals surface area contributed by atoms with Crippen LogP contribution in [0, 0.1) is 0 Å². The molecule has 0 aliphatic carbocycles. The highest BCUT2D eigenvalue weighted by Gasteiger charge is 2.17. The van der Waals surface area contributed by atoms with Gasteiger partial charge in [0.1, 0.15) is 5.75 Å². The van der Waals surface area contributed by atoms with E-state index in [0.717, 1.165) is 23.5 Å². The molecule has 0 saturated carbocycles. The monoisotopic (exact) mass is 363 g/mol. The van der Waals surface area contributed by atoms with Crippen LogP contribution in [-0.2, 0) is 11.2 Å². The summed E-state index contributed by atoms with van der Waals surface area (Å²) in [6.45, 7) is 2.65. The second kappa shape index (κ2) is 9.60. The molecule has 0 aromatic heterocycles. The molecule has 0 aliphatic rings. The van der Waals surface area contributed by atoms with Crippen molar-refractivity contribution in [3.63, 3.8) is 0 Å². The molecular weight excluding hydrogens is 342 g/mol. The highest BCUT2D eigenvalue weighted by molar-refractivity contribution is 8.00. The van der Waals surface area contributed by atoms with Gasteiger partial charge in [0.2, 0.25) is 5.91 Å². The fourth-order valence-corrected chi connectivity index (χ4v) is 3.34. The van der Waals surface area contributed by atoms with Gasteiger partial charge in [0.05, 0.1) is 12.4 Å². The largest absolute Gasteiger partial charge is 0.497 e. The minimum Gasteiger partial charge on any atom is -0.497 e. The second-order valence-corrected chi connectivity index (χ2v) is 7.07. The minimum absolute atomic E-state index is 0.0750. The predicted molar refractivity (Wildman–Crippen MR) is 101 cm³/mol. The summed E-state index contributed by atoms with van der Waals surface area (Å²) in [5.41, 5.74) is 1.18. The summed E-state index contributed by atoms with van der Waals surface area (Å²) in [6.07, 6.45) is 1.58. The number of carbonyl (C=O) groups excluding carboxylic acids is 1. The molecule has 0 radical (unpaired) electrons. The van der Waals surface area contributed by atoms with Crippen molar-refractivity contribution in [3.8, 4) is 5.75 Å². The summed E-state index contributed by atoms with van der Waals surface area (Å²) in [7, 11) is 1.65. The van der Waals surface area contributed by atoms with E-state index in [1.807, 2.05) is 55.5 Å². The maximum absolute atomic E-state index is 12.4. The number of carbonyl (C=O) groups is 1. The molecule has 0 fully saturated rings. The van der Waals surface area contributed by atoms with Crippen LogP contribution in [0.25, 0.3) is 0 Å². The van der Waals surface area contributed by atoms with Gasteiger partial charge in [-0.3, -0.25) is 4.79 Å². The van der Waals surface area contributed by atoms with Crippen LogP contribution in [0.15, 0.2) is 53.4 Å². The number of thioether (sulfide) groups is 1. The first-order valence-electron chi connectivity index (χ1n) is 7.95. The van der Waals surface area contributed by atoms with Crippen LogP contribution in [-0.4, -0.2) is 24.8 Å². The standard InChI is InChI=1S/C19H22ClNO2S/c1-3-18(24-17-10-6-15(20)7-11-17)19(22)21-13-12-14-4-8-16(23-2)9-5-14/h4-11,18H,3,12-13H2,1-2H3,(H,21,22)/t18-/m0/s1. The molecule has 0 spiro atoms. The van der Waals surface area contributed by atoms with E-state index in [2.05, 4.69) is 5.32 Å². The van der Waals surface area contributed by atoms with Crippen LogP contribution in [0.1, 0.15) is 18.9 Å². The maximum atomic E-state index is 12.4. The van der Waals surface area contributed by atoms with Gasteiger partial charge in [-0.25, -0.2) is 0 Å². The van der Waals surface area contributed by atoms with Gasteiger partial charge in [-0.1, -0.05) is 30.7 Å². The molecule has 0 bridgehead atoms. The first-order valence-corrected chi connectivity index (χ1v) is 9.21. The first kappa shape index (κ1) is 18.7. The van der Waals surface area contributed by atoms with Gasteiger partial charge < -0.3 is 10.1 Å². The van der Waals surface area contributed by atoms with Crippen molar-refractivity contribution in [2.75, 3.05) is 13.7 Å². The lowest BCUT2D eigenvalue weighted by molar-refractivity contribution is -0.120. The average Bonchev–Trinajstić information content (AvgIpc) is 2.61. The molecule has 0 unspecified atom stereocenters. The summed E-state index contributed by atoms with van der Waals surface area (Å²) < 4.78 is 5.14. The van der Waals surface area contributed by atoms with E-state index in [0.29, 0.717) is 11.6 Å². The molecule has 0 aliphatic heterocycles. The maximum Gasteiger partial charge on any atom is 0.233 e. The quantitative estimate of drug-likeness (QED) is 0.698. The number of ether oxygens (including phenoxy) is 1. The normalized spacial score (nSPS) is 11.8. The average molecular weight is 364 g/mol. The van der Waals surface area contributed by atoms with Crippen LogP contribution in [0.4, 0.5) is 0 Å². The molecular formula is C19H22ClNO2S. The topological polar surface area (TPSA) is 38.3 Å². The fourth-order valence-electron chi connectivity index (χ4n) is 2.24. The van der Waals surface area contributed by atoms with Gasteiger partial charge in [0.15, 0.2) is 0 Å². The number of rotatable bonds is 8. The number of hydrogen-bond donors (Lipinski definition) is 1. The molecule has 2 aromatic rings. The van der Waals surface area contributed by atoms with Crippen LogP contribution in [0.2, 0.25) is 5.02 Å². The summed E-state index contributed by atoms with van der Waals surface area (Å²) in [5, 5.41) is 3.63. The Balaban J connectivity index is 1.81. The summed E-state index contributed by atoms with van der Waals surface area (Å²) >= 11 is 7.46. The SMILES string of the molecule is CC[C@H](Sc1ccc(Cl)cc1)C(=O)NCCc1ccc(OC)cc1. The molecule has 1 atom stereocenters. The Labute approximate surface area is 152 Å². The Morgan fingerprint density at radius 2 is 1.83 bits per heavy atom. The van der Waals surface area contributed by atoms with Crippen molar-refractivity contribution in [1.82, 2.24) is 5.32 Å². The molecule has 0 heterocycles. The summed E-state index contributed by atoms with van der Waals surface area (Å²) in [5.74, 6) is 0.916. The van der Waals surface area contributed by atoms with Crippen molar-refractivity contribution < 1.29 is 9.53 Å². The van der Waals surface area contributed by atoms with E-state index in [-0.39, 0.29) is 11.2 Å². The van der Waals surface area contributed by atoms with Crippen molar-refractivity contribution in [2.24, 2.45) is 0 Å². The van der Waals surface area contributed by atoms with Crippen LogP contribution >= 0.6 is 23.4 Å². The second-order valence-electron chi connectivity index (χ2n) is 5.36. The first-order chi connectivity index (χ1) is 11.6. The Kier molecular flexibility index (Phi) is 7.47. The Bertz CT molecular complexity index is 643. The van der Waals surface area contributed by atoms with Gasteiger partial charge in [-0.2, -0.15) is 0 Å². The van der Waals surface area contributed by atoms with E-state index >= 15 is 0 Å². The molecule has 128 valence electrons. The summed E-state index contributed by atoms with van der Waals surface area (Å²) in [6, 6.07) is 15.5. The summed E-state index contributed by atoms with van der Waals surface area (Å²) in [4.78, 5) is 13.4. The van der Waals surface area contributed by atoms with Gasteiger partial charge in [-0.05, 0) is 54.8 Å². The van der Waals surface area contributed by atoms with Crippen LogP contribution < -0.4 is 10.1 Å². The lowest BCUT2D eigenvalue weighted by atomic mass is 10.1. The minimum atomic E-state index is -0.0953. The third-order valence-electron chi connectivity index (χ3n) is 3.63. The van der Waals surface area contributed by atoms with Crippen molar-refractivity contribution >= 4 is 29.3 Å². The number of halogens is 1. The molecule has 2 aromatic carbocycles. The van der Waals surface area contributed by atoms with Crippen molar-refractivity contribution in [1.29, 1.82) is 0 Å². The van der Waals surface area contributed by atoms with E-state index < -0.39 is 0 Å². The number of benzene rings is 2. The zero-order chi connectivity index (χ0) is 17.4. The van der Waals surface area contributed by atoms with E-state index in [1.54, 1.807) is 18.9 Å². The van der Waals surface area contributed by atoms with Crippen molar-refractivity contribution in [3.05, 3.63) is 59.1 Å². The highest BCUT2D eigenvalue weighted by atomic mass is 35.5. The number of hydrogen-bond acceptors (Lipinski definition) is 3. The lowest BCUT2D eigenvalue weighted by Gasteiger charge is -2.15. The van der Waals surface area contributed by atoms with Gasteiger partial charge in [-0.15, -0.1) is 11.8 Å². The highest BCUT2D eigenvalue weighted by Crippen LogP contribution is 2.26. The number of nitrogens with one attached hydrogen (secondary N) is 1. The van der Waals surface area contributed by atoms with Crippen molar-refractivity contribution in [2.45, 2.75) is 29.9 Å². The van der Waals surface area contributed by atoms with E-state index in [4.69, 9.17) is 16.3 Å². The third-order valence-corrected chi connectivity index (χ3v) is 5.26. The van der Waals surface area contributed by atoms with E-state index in [1.165, 1.54) is 5.56 Å². The predicted octanol–water partition coefficient (Wildman–Crippen LogP) is 4.58.